The molecule has 0 saturated carbocycles. The average Bonchev–Trinajstić information content (AvgIpc) is 2.68. The van der Waals surface area contributed by atoms with E-state index in [2.05, 4.69) is 22.5 Å². The Balaban J connectivity index is 2.18. The van der Waals surface area contributed by atoms with E-state index in [4.69, 9.17) is 0 Å². The minimum atomic E-state index is 0.0915. The molecule has 0 bridgehead atoms. The number of thiazole rings is 1. The standard InChI is InChI=1S/C11H19N3OS/c1-8(2)14-10(15)4-5-12-9(3)11-13-6-7-16-11/h6-9,12H,4-5H2,1-3H3,(H,14,15). The summed E-state index contributed by atoms with van der Waals surface area (Å²) in [6.45, 7) is 6.66. The molecule has 0 fully saturated rings. The van der Waals surface area contributed by atoms with Gasteiger partial charge in [0.2, 0.25) is 5.91 Å². The summed E-state index contributed by atoms with van der Waals surface area (Å²) in [7, 11) is 0. The van der Waals surface area contributed by atoms with Gasteiger partial charge in [-0.25, -0.2) is 4.98 Å². The topological polar surface area (TPSA) is 54.0 Å². The summed E-state index contributed by atoms with van der Waals surface area (Å²) in [6, 6.07) is 0.427. The van der Waals surface area contributed by atoms with Crippen LogP contribution in [0, 0.1) is 0 Å². The van der Waals surface area contributed by atoms with Gasteiger partial charge >= 0.3 is 0 Å². The zero-order valence-electron chi connectivity index (χ0n) is 9.99. The second-order valence-corrected chi connectivity index (χ2v) is 4.94. The molecule has 1 rings (SSSR count). The SMILES string of the molecule is CC(C)NC(=O)CCNC(C)c1nccs1. The maximum absolute atomic E-state index is 11.4. The lowest BCUT2D eigenvalue weighted by Gasteiger charge is -2.12. The van der Waals surface area contributed by atoms with Crippen molar-refractivity contribution in [1.82, 2.24) is 15.6 Å². The number of carbonyl (C=O) groups excluding carboxylic acids is 1. The van der Waals surface area contributed by atoms with Crippen LogP contribution in [0.3, 0.4) is 0 Å². The van der Waals surface area contributed by atoms with Crippen molar-refractivity contribution in [3.8, 4) is 0 Å². The molecule has 90 valence electrons. The van der Waals surface area contributed by atoms with Crippen LogP contribution >= 0.6 is 11.3 Å². The number of hydrogen-bond acceptors (Lipinski definition) is 4. The summed E-state index contributed by atoms with van der Waals surface area (Å²) in [5.41, 5.74) is 0. The number of hydrogen-bond donors (Lipinski definition) is 2. The van der Waals surface area contributed by atoms with Crippen molar-refractivity contribution >= 4 is 17.2 Å². The molecule has 1 aromatic rings. The van der Waals surface area contributed by atoms with Gasteiger partial charge in [-0.1, -0.05) is 0 Å². The Morgan fingerprint density at radius 1 is 1.50 bits per heavy atom. The van der Waals surface area contributed by atoms with Crippen LogP contribution < -0.4 is 10.6 Å². The van der Waals surface area contributed by atoms with Crippen LogP contribution in [0.4, 0.5) is 0 Å². The molecule has 16 heavy (non-hydrogen) atoms. The van der Waals surface area contributed by atoms with Gasteiger partial charge in [0.15, 0.2) is 0 Å². The highest BCUT2D eigenvalue weighted by Crippen LogP contribution is 2.14. The van der Waals surface area contributed by atoms with Crippen LogP contribution in [0.2, 0.25) is 0 Å². The number of nitrogens with zero attached hydrogens (tertiary/aromatic N) is 1. The molecule has 0 aliphatic rings. The maximum Gasteiger partial charge on any atom is 0.221 e. The number of carbonyl (C=O) groups is 1. The highest BCUT2D eigenvalue weighted by atomic mass is 32.1. The zero-order valence-corrected chi connectivity index (χ0v) is 10.8. The molecule has 2 N–H and O–H groups in total. The molecule has 1 heterocycles. The third-order valence-electron chi connectivity index (χ3n) is 2.07. The lowest BCUT2D eigenvalue weighted by molar-refractivity contribution is -0.121. The molecule has 1 amide bonds. The fourth-order valence-electron chi connectivity index (χ4n) is 1.33. The Kier molecular flexibility index (Phi) is 5.42. The van der Waals surface area contributed by atoms with Crippen LogP contribution in [-0.2, 0) is 4.79 Å². The maximum atomic E-state index is 11.4. The molecule has 0 aromatic carbocycles. The Morgan fingerprint density at radius 3 is 2.81 bits per heavy atom. The van der Waals surface area contributed by atoms with Crippen LogP contribution in [0.15, 0.2) is 11.6 Å². The smallest absolute Gasteiger partial charge is 0.221 e. The Bertz CT molecular complexity index is 311. The molecule has 4 nitrogen and oxygen atoms in total. The van der Waals surface area contributed by atoms with Gasteiger partial charge in [-0.05, 0) is 20.8 Å². The van der Waals surface area contributed by atoms with Gasteiger partial charge in [0, 0.05) is 30.6 Å². The molecule has 0 aliphatic heterocycles. The Labute approximate surface area is 100 Å². The molecule has 1 atom stereocenters. The molecule has 1 aromatic heterocycles. The van der Waals surface area contributed by atoms with Crippen molar-refractivity contribution in [3.63, 3.8) is 0 Å². The molecule has 0 spiro atoms. The van der Waals surface area contributed by atoms with Crippen LogP contribution in [0.5, 0.6) is 0 Å². The van der Waals surface area contributed by atoms with E-state index >= 15 is 0 Å². The number of aromatic nitrogens is 1. The van der Waals surface area contributed by atoms with E-state index in [1.807, 2.05) is 19.2 Å². The summed E-state index contributed by atoms with van der Waals surface area (Å²) >= 11 is 1.63. The third-order valence-corrected chi connectivity index (χ3v) is 3.03. The number of nitrogens with one attached hydrogen (secondary N) is 2. The molecular weight excluding hydrogens is 222 g/mol. The summed E-state index contributed by atoms with van der Waals surface area (Å²) < 4.78 is 0. The van der Waals surface area contributed by atoms with E-state index in [1.54, 1.807) is 17.5 Å². The van der Waals surface area contributed by atoms with Crippen molar-refractivity contribution in [2.45, 2.75) is 39.3 Å². The Morgan fingerprint density at radius 2 is 2.25 bits per heavy atom. The molecule has 1 unspecified atom stereocenters. The first-order valence-electron chi connectivity index (χ1n) is 5.51. The molecule has 5 heteroatoms. The van der Waals surface area contributed by atoms with Crippen molar-refractivity contribution < 1.29 is 4.79 Å². The Hall–Kier alpha value is -0.940. The minimum absolute atomic E-state index is 0.0915. The van der Waals surface area contributed by atoms with Gasteiger partial charge in [0.1, 0.15) is 5.01 Å². The van der Waals surface area contributed by atoms with Gasteiger partial charge in [0.25, 0.3) is 0 Å². The van der Waals surface area contributed by atoms with E-state index in [0.717, 1.165) is 5.01 Å². The first-order valence-corrected chi connectivity index (χ1v) is 6.39. The summed E-state index contributed by atoms with van der Waals surface area (Å²) in [5.74, 6) is 0.0915. The molecule has 0 aliphatic carbocycles. The van der Waals surface area contributed by atoms with Crippen LogP contribution in [0.1, 0.15) is 38.2 Å². The van der Waals surface area contributed by atoms with Crippen molar-refractivity contribution in [2.75, 3.05) is 6.54 Å². The van der Waals surface area contributed by atoms with E-state index < -0.39 is 0 Å². The molecule has 0 saturated heterocycles. The zero-order chi connectivity index (χ0) is 12.0. The lowest BCUT2D eigenvalue weighted by Crippen LogP contribution is -2.33. The summed E-state index contributed by atoms with van der Waals surface area (Å²) in [5, 5.41) is 9.15. The average molecular weight is 241 g/mol. The minimum Gasteiger partial charge on any atom is -0.354 e. The second kappa shape index (κ2) is 6.60. The fraction of sp³-hybridized carbons (Fsp3) is 0.636. The van der Waals surface area contributed by atoms with Gasteiger partial charge in [-0.3, -0.25) is 4.79 Å². The van der Waals surface area contributed by atoms with E-state index in [-0.39, 0.29) is 18.0 Å². The first-order chi connectivity index (χ1) is 7.59. The van der Waals surface area contributed by atoms with E-state index in [1.165, 1.54) is 0 Å². The van der Waals surface area contributed by atoms with Gasteiger partial charge in [-0.15, -0.1) is 11.3 Å². The fourth-order valence-corrected chi connectivity index (χ4v) is 2.00. The highest BCUT2D eigenvalue weighted by Gasteiger charge is 2.08. The normalized spacial score (nSPS) is 12.8. The van der Waals surface area contributed by atoms with Gasteiger partial charge in [-0.2, -0.15) is 0 Å². The van der Waals surface area contributed by atoms with Crippen LogP contribution in [-0.4, -0.2) is 23.5 Å². The first kappa shape index (κ1) is 13.1. The van der Waals surface area contributed by atoms with Gasteiger partial charge < -0.3 is 10.6 Å². The van der Waals surface area contributed by atoms with E-state index in [9.17, 15) is 4.79 Å². The summed E-state index contributed by atoms with van der Waals surface area (Å²) in [4.78, 5) is 15.6. The second-order valence-electron chi connectivity index (χ2n) is 4.02. The predicted molar refractivity (Wildman–Crippen MR) is 66.4 cm³/mol. The quantitative estimate of drug-likeness (QED) is 0.797. The predicted octanol–water partition coefficient (Wildman–Crippen LogP) is 1.71. The van der Waals surface area contributed by atoms with E-state index in [0.29, 0.717) is 13.0 Å². The number of amides is 1. The lowest BCUT2D eigenvalue weighted by atomic mass is 10.3. The molecular formula is C11H19N3OS. The molecule has 0 radical (unpaired) electrons. The highest BCUT2D eigenvalue weighted by molar-refractivity contribution is 7.09. The van der Waals surface area contributed by atoms with Crippen molar-refractivity contribution in [3.05, 3.63) is 16.6 Å². The van der Waals surface area contributed by atoms with Crippen molar-refractivity contribution in [2.24, 2.45) is 0 Å². The van der Waals surface area contributed by atoms with Crippen molar-refractivity contribution in [1.29, 1.82) is 0 Å². The number of rotatable bonds is 6. The van der Waals surface area contributed by atoms with Crippen LogP contribution in [0.25, 0.3) is 0 Å². The monoisotopic (exact) mass is 241 g/mol. The van der Waals surface area contributed by atoms with Gasteiger partial charge in [0.05, 0.1) is 6.04 Å². The third kappa shape index (κ3) is 4.72. The largest absolute Gasteiger partial charge is 0.354 e. The summed E-state index contributed by atoms with van der Waals surface area (Å²) in [6.07, 6.45) is 2.30.